The molecule has 4 saturated heterocycles. The minimum Gasteiger partial charge on any atom is -0.465 e. The first-order chi connectivity index (χ1) is 12.7. The van der Waals surface area contributed by atoms with Crippen LogP contribution in [0.3, 0.4) is 0 Å². The van der Waals surface area contributed by atoms with Crippen molar-refractivity contribution in [2.45, 2.75) is 75.8 Å². The lowest BCUT2D eigenvalue weighted by molar-refractivity contribution is -0.246. The molecule has 8 atom stereocenters. The second-order valence-corrected chi connectivity index (χ2v) is 7.47. The fourth-order valence-electron chi connectivity index (χ4n) is 3.74. The molecule has 0 aliphatic carbocycles. The standard InChI is InChI=1S/C17H21FO9/c1-4-16(2,18)15(21)25-10-8-9(23-13(10)20)11-14(24-8)27-17(3,26-11)7-5-6-22-12(7)19/h7-11,14H,4-6H2,1-3H3. The molecular formula is C17H21FO9. The van der Waals surface area contributed by atoms with E-state index in [1.54, 1.807) is 6.92 Å². The number of ether oxygens (including phenoxy) is 6. The van der Waals surface area contributed by atoms with Gasteiger partial charge in [0.2, 0.25) is 11.8 Å². The van der Waals surface area contributed by atoms with Gasteiger partial charge in [0.05, 0.1) is 6.61 Å². The van der Waals surface area contributed by atoms with Crippen LogP contribution < -0.4 is 0 Å². The van der Waals surface area contributed by atoms with E-state index in [0.717, 1.165) is 6.92 Å². The Labute approximate surface area is 154 Å². The van der Waals surface area contributed by atoms with E-state index >= 15 is 0 Å². The predicted octanol–water partition coefficient (Wildman–Crippen LogP) is 0.381. The van der Waals surface area contributed by atoms with Crippen LogP contribution in [0.1, 0.15) is 33.6 Å². The lowest BCUT2D eigenvalue weighted by Gasteiger charge is -2.29. The van der Waals surface area contributed by atoms with Gasteiger partial charge in [-0.3, -0.25) is 4.79 Å². The molecular weight excluding hydrogens is 367 g/mol. The van der Waals surface area contributed by atoms with Crippen molar-refractivity contribution in [2.75, 3.05) is 6.61 Å². The number of esters is 3. The van der Waals surface area contributed by atoms with Gasteiger partial charge >= 0.3 is 17.9 Å². The van der Waals surface area contributed by atoms with Gasteiger partial charge < -0.3 is 28.4 Å². The zero-order chi connectivity index (χ0) is 19.6. The van der Waals surface area contributed by atoms with Crippen LogP contribution in [-0.4, -0.2) is 66.7 Å². The van der Waals surface area contributed by atoms with Crippen LogP contribution in [0.2, 0.25) is 0 Å². The van der Waals surface area contributed by atoms with E-state index in [1.807, 2.05) is 0 Å². The third-order valence-electron chi connectivity index (χ3n) is 5.60. The summed E-state index contributed by atoms with van der Waals surface area (Å²) in [5, 5.41) is 0. The average molecular weight is 388 g/mol. The number of alkyl halides is 1. The molecule has 27 heavy (non-hydrogen) atoms. The Kier molecular flexibility index (Phi) is 4.21. The molecule has 0 bridgehead atoms. The largest absolute Gasteiger partial charge is 0.465 e. The van der Waals surface area contributed by atoms with Gasteiger partial charge in [0, 0.05) is 6.42 Å². The van der Waals surface area contributed by atoms with Crippen molar-refractivity contribution in [1.29, 1.82) is 0 Å². The maximum atomic E-state index is 14.1. The molecule has 4 aliphatic rings. The molecule has 0 saturated carbocycles. The van der Waals surface area contributed by atoms with Gasteiger partial charge in [-0.25, -0.2) is 14.0 Å². The topological polar surface area (TPSA) is 107 Å². The number of rotatable bonds is 4. The third kappa shape index (κ3) is 2.81. The summed E-state index contributed by atoms with van der Waals surface area (Å²) >= 11 is 0. The molecule has 0 aromatic rings. The zero-order valence-electron chi connectivity index (χ0n) is 15.1. The minimum absolute atomic E-state index is 0.101. The molecule has 8 unspecified atom stereocenters. The lowest BCUT2D eigenvalue weighted by Crippen LogP contribution is -2.44. The van der Waals surface area contributed by atoms with Crippen molar-refractivity contribution in [3.63, 3.8) is 0 Å². The molecule has 0 N–H and O–H groups in total. The Morgan fingerprint density at radius 1 is 1.26 bits per heavy atom. The second-order valence-electron chi connectivity index (χ2n) is 7.47. The molecule has 0 radical (unpaired) electrons. The summed E-state index contributed by atoms with van der Waals surface area (Å²) in [7, 11) is 0. The smallest absolute Gasteiger partial charge is 0.350 e. The zero-order valence-corrected chi connectivity index (χ0v) is 15.1. The summed E-state index contributed by atoms with van der Waals surface area (Å²) in [6, 6.07) is 0. The SMILES string of the molecule is CCC(C)(F)C(=O)OC1C(=O)OC2C3OC(C)(C4CCOC4=O)OC3OC12. The molecule has 0 spiro atoms. The highest BCUT2D eigenvalue weighted by molar-refractivity contribution is 5.85. The van der Waals surface area contributed by atoms with Crippen LogP contribution in [0.4, 0.5) is 4.39 Å². The Hall–Kier alpha value is -1.78. The van der Waals surface area contributed by atoms with Gasteiger partial charge in [-0.1, -0.05) is 6.92 Å². The number of cyclic esters (lactones) is 1. The van der Waals surface area contributed by atoms with E-state index in [2.05, 4.69) is 0 Å². The molecule has 10 heteroatoms. The molecule has 4 fully saturated rings. The molecule has 0 aromatic heterocycles. The highest BCUT2D eigenvalue weighted by Gasteiger charge is 2.67. The van der Waals surface area contributed by atoms with Crippen molar-refractivity contribution in [1.82, 2.24) is 0 Å². The Morgan fingerprint density at radius 3 is 2.63 bits per heavy atom. The van der Waals surface area contributed by atoms with Crippen LogP contribution in [0, 0.1) is 5.92 Å². The van der Waals surface area contributed by atoms with Crippen LogP contribution >= 0.6 is 0 Å². The Balaban J connectivity index is 1.46. The summed E-state index contributed by atoms with van der Waals surface area (Å²) < 4.78 is 46.7. The first kappa shape index (κ1) is 18.6. The molecule has 9 nitrogen and oxygen atoms in total. The molecule has 0 aromatic carbocycles. The normalized spacial score (nSPS) is 45.0. The maximum absolute atomic E-state index is 14.1. The van der Waals surface area contributed by atoms with E-state index < -0.39 is 66.0 Å². The van der Waals surface area contributed by atoms with Crippen molar-refractivity contribution in [3.05, 3.63) is 0 Å². The van der Waals surface area contributed by atoms with E-state index in [9.17, 15) is 18.8 Å². The Bertz CT molecular complexity index is 679. The summed E-state index contributed by atoms with van der Waals surface area (Å²) in [6.45, 7) is 4.45. The highest BCUT2D eigenvalue weighted by Crippen LogP contribution is 2.47. The van der Waals surface area contributed by atoms with Crippen molar-refractivity contribution < 1.29 is 47.2 Å². The average Bonchev–Trinajstić information content (AvgIpc) is 3.32. The number of carbonyl (C=O) groups excluding carboxylic acids is 3. The molecule has 4 heterocycles. The molecule has 4 aliphatic heterocycles. The van der Waals surface area contributed by atoms with Gasteiger partial charge in [-0.2, -0.15) is 0 Å². The number of fused-ring (bicyclic) bond motifs is 3. The minimum atomic E-state index is -2.22. The van der Waals surface area contributed by atoms with E-state index in [0.29, 0.717) is 6.42 Å². The van der Waals surface area contributed by atoms with Gasteiger partial charge in [-0.15, -0.1) is 0 Å². The maximum Gasteiger partial charge on any atom is 0.350 e. The summed E-state index contributed by atoms with van der Waals surface area (Å²) in [5.41, 5.74) is -2.22. The number of hydrogen-bond acceptors (Lipinski definition) is 9. The van der Waals surface area contributed by atoms with Crippen molar-refractivity contribution in [3.8, 4) is 0 Å². The molecule has 0 amide bonds. The first-order valence-electron chi connectivity index (χ1n) is 8.94. The molecule has 150 valence electrons. The number of halogens is 1. The highest BCUT2D eigenvalue weighted by atomic mass is 19.1. The monoisotopic (exact) mass is 388 g/mol. The fourth-order valence-corrected chi connectivity index (χ4v) is 3.74. The van der Waals surface area contributed by atoms with Gasteiger partial charge in [0.25, 0.3) is 0 Å². The fraction of sp³-hybridized carbons (Fsp3) is 0.824. The lowest BCUT2D eigenvalue weighted by atomic mass is 9.98. The third-order valence-corrected chi connectivity index (χ3v) is 5.60. The summed E-state index contributed by atoms with van der Waals surface area (Å²) in [5.74, 6) is -4.30. The van der Waals surface area contributed by atoms with E-state index in [4.69, 9.17) is 28.4 Å². The van der Waals surface area contributed by atoms with Crippen LogP contribution in [0.15, 0.2) is 0 Å². The second kappa shape index (κ2) is 6.11. The van der Waals surface area contributed by atoms with Crippen molar-refractivity contribution in [2.24, 2.45) is 5.92 Å². The summed E-state index contributed by atoms with van der Waals surface area (Å²) in [4.78, 5) is 36.0. The van der Waals surface area contributed by atoms with Crippen LogP contribution in [0.5, 0.6) is 0 Å². The van der Waals surface area contributed by atoms with Crippen LogP contribution in [0.25, 0.3) is 0 Å². The summed E-state index contributed by atoms with van der Waals surface area (Å²) in [6.07, 6.45) is -4.61. The quantitative estimate of drug-likeness (QED) is 0.499. The van der Waals surface area contributed by atoms with Gasteiger partial charge in [-0.05, 0) is 20.3 Å². The number of carbonyl (C=O) groups is 3. The number of hydrogen-bond donors (Lipinski definition) is 0. The van der Waals surface area contributed by atoms with Crippen LogP contribution in [-0.2, 0) is 42.8 Å². The van der Waals surface area contributed by atoms with Crippen molar-refractivity contribution >= 4 is 17.9 Å². The first-order valence-corrected chi connectivity index (χ1v) is 8.94. The van der Waals surface area contributed by atoms with Gasteiger partial charge in [0.15, 0.2) is 24.3 Å². The molecule has 4 rings (SSSR count). The van der Waals surface area contributed by atoms with E-state index in [1.165, 1.54) is 6.92 Å². The van der Waals surface area contributed by atoms with E-state index in [-0.39, 0.29) is 13.0 Å². The van der Waals surface area contributed by atoms with Gasteiger partial charge in [0.1, 0.15) is 12.0 Å². The Morgan fingerprint density at radius 2 is 2.00 bits per heavy atom. The predicted molar refractivity (Wildman–Crippen MR) is 81.7 cm³/mol.